The lowest BCUT2D eigenvalue weighted by molar-refractivity contribution is 0.0696. The maximum Gasteiger partial charge on any atom is 0.253 e. The molecule has 4 nitrogen and oxygen atoms in total. The Labute approximate surface area is 184 Å². The summed E-state index contributed by atoms with van der Waals surface area (Å²) in [4.78, 5) is 19.6. The van der Waals surface area contributed by atoms with Crippen molar-refractivity contribution >= 4 is 28.5 Å². The van der Waals surface area contributed by atoms with E-state index < -0.39 is 0 Å². The van der Waals surface area contributed by atoms with E-state index in [2.05, 4.69) is 4.57 Å². The topological polar surface area (TPSA) is 38.1 Å². The smallest absolute Gasteiger partial charge is 0.253 e. The largest absolute Gasteiger partial charge is 0.338 e. The molecule has 2 heterocycles. The number of rotatable bonds is 3. The van der Waals surface area contributed by atoms with Crippen LogP contribution in [0.15, 0.2) is 72.8 Å². The molecule has 0 radical (unpaired) electrons. The van der Waals surface area contributed by atoms with Gasteiger partial charge in [-0.2, -0.15) is 0 Å². The van der Waals surface area contributed by atoms with Crippen molar-refractivity contribution in [3.05, 3.63) is 89.2 Å². The maximum absolute atomic E-state index is 14.1. The van der Waals surface area contributed by atoms with Crippen LogP contribution in [0.2, 0.25) is 5.02 Å². The lowest BCUT2D eigenvalue weighted by atomic mass is 10.0. The third kappa shape index (κ3) is 3.81. The number of imidazole rings is 1. The molecular formula is C25H21ClFN3O. The SMILES string of the molecule is O=C(c1ccc(Cl)cc1)N1CCC(n2c(-c3ccccc3)nc3ccc(F)cc32)CC1. The summed E-state index contributed by atoms with van der Waals surface area (Å²) < 4.78 is 16.2. The molecule has 0 spiro atoms. The first kappa shape index (κ1) is 19.8. The quantitative estimate of drug-likeness (QED) is 0.399. The molecule has 0 unspecified atom stereocenters. The Bertz CT molecular complexity index is 1230. The molecule has 5 rings (SSSR count). The van der Waals surface area contributed by atoms with Gasteiger partial charge in [0.1, 0.15) is 11.6 Å². The van der Waals surface area contributed by atoms with E-state index in [4.69, 9.17) is 16.6 Å². The molecule has 1 aliphatic rings. The van der Waals surface area contributed by atoms with Gasteiger partial charge in [-0.15, -0.1) is 0 Å². The summed E-state index contributed by atoms with van der Waals surface area (Å²) in [6, 6.07) is 21.8. The van der Waals surface area contributed by atoms with Crippen LogP contribution < -0.4 is 0 Å². The maximum atomic E-state index is 14.1. The Morgan fingerprint density at radius 2 is 1.68 bits per heavy atom. The van der Waals surface area contributed by atoms with E-state index in [0.29, 0.717) is 23.7 Å². The molecule has 6 heteroatoms. The molecule has 0 aliphatic carbocycles. The van der Waals surface area contributed by atoms with Gasteiger partial charge < -0.3 is 9.47 Å². The molecule has 1 amide bonds. The molecule has 0 saturated carbocycles. The summed E-state index contributed by atoms with van der Waals surface area (Å²) in [5, 5.41) is 0.614. The van der Waals surface area contributed by atoms with Gasteiger partial charge in [0.25, 0.3) is 5.91 Å². The van der Waals surface area contributed by atoms with Crippen LogP contribution in [0.4, 0.5) is 4.39 Å². The summed E-state index contributed by atoms with van der Waals surface area (Å²) in [6.07, 6.45) is 1.56. The molecule has 1 aromatic heterocycles. The number of carbonyl (C=O) groups excluding carboxylic acids is 1. The Morgan fingerprint density at radius 1 is 0.968 bits per heavy atom. The van der Waals surface area contributed by atoms with Gasteiger partial charge in [-0.05, 0) is 55.3 Å². The number of nitrogens with zero attached hydrogens (tertiary/aromatic N) is 3. The van der Waals surface area contributed by atoms with Crippen molar-refractivity contribution in [3.63, 3.8) is 0 Å². The second-order valence-electron chi connectivity index (χ2n) is 7.83. The Hall–Kier alpha value is -3.18. The van der Waals surface area contributed by atoms with Crippen LogP contribution in [0.1, 0.15) is 29.2 Å². The Kier molecular flexibility index (Phi) is 5.20. The molecule has 0 atom stereocenters. The fraction of sp³-hybridized carbons (Fsp3) is 0.200. The second kappa shape index (κ2) is 8.16. The number of hydrogen-bond donors (Lipinski definition) is 0. The fourth-order valence-electron chi connectivity index (χ4n) is 4.33. The zero-order valence-corrected chi connectivity index (χ0v) is 17.6. The molecular weight excluding hydrogens is 413 g/mol. The van der Waals surface area contributed by atoms with Crippen LogP contribution in [-0.2, 0) is 0 Å². The van der Waals surface area contributed by atoms with E-state index in [9.17, 15) is 9.18 Å². The minimum absolute atomic E-state index is 0.0138. The van der Waals surface area contributed by atoms with Crippen molar-refractivity contribution in [1.29, 1.82) is 0 Å². The van der Waals surface area contributed by atoms with Crippen molar-refractivity contribution in [2.24, 2.45) is 0 Å². The van der Waals surface area contributed by atoms with Crippen molar-refractivity contribution in [2.45, 2.75) is 18.9 Å². The van der Waals surface area contributed by atoms with E-state index in [0.717, 1.165) is 35.3 Å². The van der Waals surface area contributed by atoms with Crippen LogP contribution in [0.5, 0.6) is 0 Å². The molecule has 1 saturated heterocycles. The second-order valence-corrected chi connectivity index (χ2v) is 8.27. The highest BCUT2D eigenvalue weighted by molar-refractivity contribution is 6.30. The number of aromatic nitrogens is 2. The highest BCUT2D eigenvalue weighted by Crippen LogP contribution is 2.34. The highest BCUT2D eigenvalue weighted by Gasteiger charge is 2.27. The molecule has 1 aliphatic heterocycles. The minimum Gasteiger partial charge on any atom is -0.338 e. The predicted molar refractivity (Wildman–Crippen MR) is 121 cm³/mol. The van der Waals surface area contributed by atoms with E-state index in [1.54, 1.807) is 36.4 Å². The normalized spacial score (nSPS) is 14.8. The highest BCUT2D eigenvalue weighted by atomic mass is 35.5. The van der Waals surface area contributed by atoms with Gasteiger partial charge in [0.2, 0.25) is 0 Å². The standard InChI is InChI=1S/C25H21ClFN3O/c26-19-8-6-18(7-9-19)25(31)29-14-12-21(13-15-29)30-23-16-20(27)10-11-22(23)28-24(30)17-4-2-1-3-5-17/h1-11,16,21H,12-15H2. The van der Waals surface area contributed by atoms with Crippen LogP contribution in [0.25, 0.3) is 22.4 Å². The van der Waals surface area contributed by atoms with Crippen molar-refractivity contribution < 1.29 is 9.18 Å². The minimum atomic E-state index is -0.274. The lowest BCUT2D eigenvalue weighted by Crippen LogP contribution is -2.39. The van der Waals surface area contributed by atoms with Crippen LogP contribution >= 0.6 is 11.6 Å². The summed E-state index contributed by atoms with van der Waals surface area (Å²) in [5.74, 6) is 0.576. The Morgan fingerprint density at radius 3 is 2.39 bits per heavy atom. The van der Waals surface area contributed by atoms with E-state index in [-0.39, 0.29) is 17.8 Å². The number of fused-ring (bicyclic) bond motifs is 1. The van der Waals surface area contributed by atoms with Gasteiger partial charge in [0.05, 0.1) is 11.0 Å². The van der Waals surface area contributed by atoms with Crippen molar-refractivity contribution in [2.75, 3.05) is 13.1 Å². The first-order chi connectivity index (χ1) is 15.1. The molecule has 31 heavy (non-hydrogen) atoms. The number of hydrogen-bond acceptors (Lipinski definition) is 2. The summed E-state index contributed by atoms with van der Waals surface area (Å²) in [7, 11) is 0. The number of carbonyl (C=O) groups is 1. The lowest BCUT2D eigenvalue weighted by Gasteiger charge is -2.33. The number of piperidine rings is 1. The number of likely N-dealkylation sites (tertiary alicyclic amines) is 1. The van der Waals surface area contributed by atoms with Crippen molar-refractivity contribution in [3.8, 4) is 11.4 Å². The van der Waals surface area contributed by atoms with Gasteiger partial charge in [-0.1, -0.05) is 41.9 Å². The van der Waals surface area contributed by atoms with Gasteiger partial charge in [-0.3, -0.25) is 4.79 Å². The summed E-state index contributed by atoms with van der Waals surface area (Å²) in [5.41, 5.74) is 3.21. The first-order valence-corrected chi connectivity index (χ1v) is 10.8. The predicted octanol–water partition coefficient (Wildman–Crippen LogP) is 5.97. The molecule has 1 fully saturated rings. The zero-order chi connectivity index (χ0) is 21.4. The Balaban J connectivity index is 1.44. The summed E-state index contributed by atoms with van der Waals surface area (Å²) in [6.45, 7) is 1.27. The van der Waals surface area contributed by atoms with Crippen LogP contribution in [-0.4, -0.2) is 33.4 Å². The number of amides is 1. The average molecular weight is 434 g/mol. The van der Waals surface area contributed by atoms with E-state index in [1.807, 2.05) is 35.2 Å². The van der Waals surface area contributed by atoms with E-state index >= 15 is 0 Å². The molecule has 4 aromatic rings. The molecule has 0 N–H and O–H groups in total. The van der Waals surface area contributed by atoms with Crippen LogP contribution in [0.3, 0.4) is 0 Å². The number of halogens is 2. The van der Waals surface area contributed by atoms with E-state index in [1.165, 1.54) is 6.07 Å². The zero-order valence-electron chi connectivity index (χ0n) is 16.8. The van der Waals surface area contributed by atoms with Gasteiger partial charge in [-0.25, -0.2) is 9.37 Å². The monoisotopic (exact) mass is 433 g/mol. The summed E-state index contributed by atoms with van der Waals surface area (Å²) >= 11 is 5.94. The third-order valence-electron chi connectivity index (χ3n) is 5.89. The molecule has 3 aromatic carbocycles. The molecule has 0 bridgehead atoms. The fourth-order valence-corrected chi connectivity index (χ4v) is 4.45. The van der Waals surface area contributed by atoms with Gasteiger partial charge in [0.15, 0.2) is 0 Å². The first-order valence-electron chi connectivity index (χ1n) is 10.4. The molecule has 156 valence electrons. The van der Waals surface area contributed by atoms with Gasteiger partial charge >= 0.3 is 0 Å². The third-order valence-corrected chi connectivity index (χ3v) is 6.14. The number of benzene rings is 3. The van der Waals surface area contributed by atoms with Gasteiger partial charge in [0, 0.05) is 35.3 Å². The van der Waals surface area contributed by atoms with Crippen molar-refractivity contribution in [1.82, 2.24) is 14.5 Å². The van der Waals surface area contributed by atoms with Crippen LogP contribution in [0, 0.1) is 5.82 Å². The average Bonchev–Trinajstić information content (AvgIpc) is 3.18.